The second kappa shape index (κ2) is 4.96. The maximum Gasteiger partial charge on any atom is 0.346 e. The number of carbonyl (C=O) groups is 3. The van der Waals surface area contributed by atoms with Crippen molar-refractivity contribution in [3.63, 3.8) is 0 Å². The van der Waals surface area contributed by atoms with Crippen molar-refractivity contribution in [2.45, 2.75) is 19.9 Å². The van der Waals surface area contributed by atoms with Crippen LogP contribution in [0.1, 0.15) is 28.6 Å². The Balaban J connectivity index is 2.07. The number of hydrogen-bond donors (Lipinski definition) is 1. The Morgan fingerprint density at radius 2 is 2.10 bits per heavy atom. The van der Waals surface area contributed by atoms with Crippen LogP contribution in [0.3, 0.4) is 0 Å². The first-order valence-electron chi connectivity index (χ1n) is 6.57. The van der Waals surface area contributed by atoms with Crippen LogP contribution in [-0.4, -0.2) is 27.8 Å². The van der Waals surface area contributed by atoms with Gasteiger partial charge >= 0.3 is 5.97 Å². The van der Waals surface area contributed by atoms with Gasteiger partial charge in [0.2, 0.25) is 11.8 Å². The number of aromatic carboxylic acids is 1. The molecule has 1 N–H and O–H groups in total. The highest BCUT2D eigenvalue weighted by Crippen LogP contribution is 2.33. The molecule has 108 valence electrons. The smallest absolute Gasteiger partial charge is 0.346 e. The molecule has 21 heavy (non-hydrogen) atoms. The molecule has 1 fully saturated rings. The van der Waals surface area contributed by atoms with Gasteiger partial charge in [-0.05, 0) is 11.5 Å². The summed E-state index contributed by atoms with van der Waals surface area (Å²) in [6, 6.07) is 7.32. The molecule has 1 aliphatic heterocycles. The molecule has 2 amide bonds. The van der Waals surface area contributed by atoms with Gasteiger partial charge in [0, 0.05) is 22.6 Å². The van der Waals surface area contributed by atoms with Crippen LogP contribution in [0.15, 0.2) is 24.3 Å². The lowest BCUT2D eigenvalue weighted by molar-refractivity contribution is -0.139. The number of fused-ring (bicyclic) bond motifs is 1. The van der Waals surface area contributed by atoms with Gasteiger partial charge in [0.1, 0.15) is 4.88 Å². The van der Waals surface area contributed by atoms with E-state index in [0.717, 1.165) is 10.1 Å². The maximum absolute atomic E-state index is 12.0. The third-order valence-electron chi connectivity index (χ3n) is 3.68. The highest BCUT2D eigenvalue weighted by Gasteiger charge is 2.36. The second-order valence-corrected chi connectivity index (χ2v) is 6.19. The fraction of sp³-hybridized carbons (Fsp3) is 0.267. The zero-order chi connectivity index (χ0) is 15.1. The van der Waals surface area contributed by atoms with E-state index in [4.69, 9.17) is 0 Å². The Morgan fingerprint density at radius 1 is 1.38 bits per heavy atom. The topological polar surface area (TPSA) is 74.7 Å². The van der Waals surface area contributed by atoms with Crippen LogP contribution >= 0.6 is 11.3 Å². The van der Waals surface area contributed by atoms with Gasteiger partial charge in [-0.1, -0.05) is 25.1 Å². The molecule has 0 bridgehead atoms. The number of hydrogen-bond acceptors (Lipinski definition) is 4. The Hall–Kier alpha value is -2.21. The summed E-state index contributed by atoms with van der Waals surface area (Å²) in [7, 11) is 0. The summed E-state index contributed by atoms with van der Waals surface area (Å²) in [6.45, 7) is 1.75. The lowest BCUT2D eigenvalue weighted by atomic mass is 10.1. The number of likely N-dealkylation sites (tertiary alicyclic amines) is 1. The van der Waals surface area contributed by atoms with Crippen molar-refractivity contribution in [2.24, 2.45) is 5.92 Å². The lowest BCUT2D eigenvalue weighted by Crippen LogP contribution is -2.30. The standard InChI is InChI=1S/C15H13NO4S/c1-8-6-12(17)16(14(8)18)7-10-9-4-2-3-5-11(9)21-13(10)15(19)20/h2-5,8H,6-7H2,1H3,(H,19,20). The first-order chi connectivity index (χ1) is 9.99. The summed E-state index contributed by atoms with van der Waals surface area (Å²) in [6.07, 6.45) is 0.198. The Labute approximate surface area is 124 Å². The highest BCUT2D eigenvalue weighted by molar-refractivity contribution is 7.21. The monoisotopic (exact) mass is 303 g/mol. The Kier molecular flexibility index (Phi) is 3.25. The van der Waals surface area contributed by atoms with Gasteiger partial charge in [0.15, 0.2) is 0 Å². The average Bonchev–Trinajstić information content (AvgIpc) is 2.93. The van der Waals surface area contributed by atoms with Gasteiger partial charge in [0.05, 0.1) is 6.54 Å². The molecular formula is C15H13NO4S. The zero-order valence-corrected chi connectivity index (χ0v) is 12.1. The average molecular weight is 303 g/mol. The van der Waals surface area contributed by atoms with Crippen LogP contribution < -0.4 is 0 Å². The molecule has 0 aliphatic carbocycles. The minimum absolute atomic E-state index is 0.0354. The zero-order valence-electron chi connectivity index (χ0n) is 11.3. The van der Waals surface area contributed by atoms with Gasteiger partial charge in [-0.3, -0.25) is 14.5 Å². The third kappa shape index (κ3) is 2.21. The molecule has 5 nitrogen and oxygen atoms in total. The fourth-order valence-corrected chi connectivity index (χ4v) is 3.65. The lowest BCUT2D eigenvalue weighted by Gasteiger charge is -2.14. The molecule has 0 saturated carbocycles. The number of carboxylic acid groups (broad SMARTS) is 1. The minimum Gasteiger partial charge on any atom is -0.477 e. The van der Waals surface area contributed by atoms with Crippen molar-refractivity contribution in [2.75, 3.05) is 0 Å². The SMILES string of the molecule is CC1CC(=O)N(Cc2c(C(=O)O)sc3ccccc23)C1=O. The van der Waals surface area contributed by atoms with Crippen LogP contribution in [-0.2, 0) is 16.1 Å². The summed E-state index contributed by atoms with van der Waals surface area (Å²) in [5.74, 6) is -1.82. The molecule has 1 aromatic carbocycles. The van der Waals surface area contributed by atoms with Crippen molar-refractivity contribution in [3.05, 3.63) is 34.7 Å². The first-order valence-corrected chi connectivity index (χ1v) is 7.38. The van der Waals surface area contributed by atoms with Gasteiger partial charge in [-0.15, -0.1) is 11.3 Å². The predicted octanol–water partition coefficient (Wildman–Crippen LogP) is 2.49. The summed E-state index contributed by atoms with van der Waals surface area (Å²) in [4.78, 5) is 36.7. The number of carbonyl (C=O) groups excluding carboxylic acids is 2. The summed E-state index contributed by atoms with van der Waals surface area (Å²) >= 11 is 1.17. The summed E-state index contributed by atoms with van der Waals surface area (Å²) < 4.78 is 0.844. The quantitative estimate of drug-likeness (QED) is 0.884. The number of amides is 2. The summed E-state index contributed by atoms with van der Waals surface area (Å²) in [5.41, 5.74) is 0.541. The third-order valence-corrected chi connectivity index (χ3v) is 4.88. The predicted molar refractivity (Wildman–Crippen MR) is 78.1 cm³/mol. The number of nitrogens with zero attached hydrogens (tertiary/aromatic N) is 1. The van der Waals surface area contributed by atoms with Crippen LogP contribution in [0, 0.1) is 5.92 Å². The minimum atomic E-state index is -1.03. The van der Waals surface area contributed by atoms with E-state index in [2.05, 4.69) is 0 Å². The molecule has 1 saturated heterocycles. The van der Waals surface area contributed by atoms with Gasteiger partial charge in [-0.25, -0.2) is 4.79 Å². The van der Waals surface area contributed by atoms with Crippen molar-refractivity contribution in [1.29, 1.82) is 0 Å². The number of benzene rings is 1. The van der Waals surface area contributed by atoms with Gasteiger partial charge in [0.25, 0.3) is 0 Å². The van der Waals surface area contributed by atoms with Crippen molar-refractivity contribution >= 4 is 39.2 Å². The molecular weight excluding hydrogens is 290 g/mol. The van der Waals surface area contributed by atoms with E-state index in [0.29, 0.717) is 5.56 Å². The first kappa shape index (κ1) is 13.8. The van der Waals surface area contributed by atoms with Gasteiger partial charge in [-0.2, -0.15) is 0 Å². The number of carboxylic acids is 1. The van der Waals surface area contributed by atoms with Gasteiger partial charge < -0.3 is 5.11 Å². The largest absolute Gasteiger partial charge is 0.477 e. The van der Waals surface area contributed by atoms with Crippen LogP contribution in [0.4, 0.5) is 0 Å². The molecule has 3 rings (SSSR count). The summed E-state index contributed by atoms with van der Waals surface area (Å²) in [5, 5.41) is 10.1. The van der Waals surface area contributed by atoms with E-state index in [1.165, 1.54) is 16.2 Å². The second-order valence-electron chi connectivity index (χ2n) is 5.13. The van der Waals surface area contributed by atoms with E-state index in [1.807, 2.05) is 24.3 Å². The maximum atomic E-state index is 12.0. The Morgan fingerprint density at radius 3 is 2.71 bits per heavy atom. The van der Waals surface area contributed by atoms with Crippen molar-refractivity contribution < 1.29 is 19.5 Å². The molecule has 1 atom stereocenters. The van der Waals surface area contributed by atoms with Crippen molar-refractivity contribution in [3.8, 4) is 0 Å². The number of imide groups is 1. The molecule has 0 spiro atoms. The van der Waals surface area contributed by atoms with Crippen LogP contribution in [0.2, 0.25) is 0 Å². The Bertz CT molecular complexity index is 764. The molecule has 6 heteroatoms. The van der Waals surface area contributed by atoms with E-state index in [9.17, 15) is 19.5 Å². The number of thiophene rings is 1. The van der Waals surface area contributed by atoms with Crippen LogP contribution in [0.25, 0.3) is 10.1 Å². The molecule has 2 aromatic rings. The molecule has 1 aliphatic rings. The van der Waals surface area contributed by atoms with E-state index in [-0.39, 0.29) is 35.6 Å². The molecule has 1 unspecified atom stereocenters. The highest BCUT2D eigenvalue weighted by atomic mass is 32.1. The van der Waals surface area contributed by atoms with E-state index in [1.54, 1.807) is 6.92 Å². The van der Waals surface area contributed by atoms with Crippen LogP contribution in [0.5, 0.6) is 0 Å². The molecule has 0 radical (unpaired) electrons. The number of rotatable bonds is 3. The normalized spacial score (nSPS) is 18.7. The fourth-order valence-electron chi connectivity index (χ4n) is 2.60. The van der Waals surface area contributed by atoms with E-state index < -0.39 is 5.97 Å². The van der Waals surface area contributed by atoms with Crippen molar-refractivity contribution in [1.82, 2.24) is 4.90 Å². The molecule has 2 heterocycles. The molecule has 1 aromatic heterocycles. The van der Waals surface area contributed by atoms with E-state index >= 15 is 0 Å².